The predicted molar refractivity (Wildman–Crippen MR) is 68.3 cm³/mol. The molecule has 0 radical (unpaired) electrons. The average Bonchev–Trinajstić information content (AvgIpc) is 2.64. The molecule has 0 aliphatic rings. The van der Waals surface area contributed by atoms with Crippen molar-refractivity contribution in [3.63, 3.8) is 0 Å². The average molecular weight is 237 g/mol. The van der Waals surface area contributed by atoms with Crippen molar-refractivity contribution in [3.05, 3.63) is 34.9 Å². The van der Waals surface area contributed by atoms with E-state index in [1.807, 2.05) is 18.5 Å². The number of aryl methyl sites for hydroxylation is 1. The van der Waals surface area contributed by atoms with Gasteiger partial charge in [0.15, 0.2) is 0 Å². The number of hydrogen-bond acceptors (Lipinski definition) is 1. The van der Waals surface area contributed by atoms with Crippen molar-refractivity contribution in [2.75, 3.05) is 0 Å². The normalized spacial score (nSPS) is 11.6. The number of halogens is 1. The molecule has 3 heteroatoms. The summed E-state index contributed by atoms with van der Waals surface area (Å²) in [6.07, 6.45) is 4.14. The third kappa shape index (κ3) is 1.82. The van der Waals surface area contributed by atoms with E-state index in [0.29, 0.717) is 5.92 Å². The molecule has 0 spiro atoms. The summed E-state index contributed by atoms with van der Waals surface area (Å²) in [6, 6.07) is 3.97. The first kappa shape index (κ1) is 11.5. The zero-order valence-corrected chi connectivity index (χ0v) is 10.8. The highest BCUT2D eigenvalue weighted by Crippen LogP contribution is 2.28. The van der Waals surface area contributed by atoms with Crippen LogP contribution >= 0.6 is 11.6 Å². The number of aromatic nitrogens is 2. The number of hydrogen-bond donors (Lipinski definition) is 0. The van der Waals surface area contributed by atoms with Gasteiger partial charge in [0.2, 0.25) is 0 Å². The number of imidazole rings is 1. The molecule has 16 heavy (non-hydrogen) atoms. The Hall–Kier alpha value is -1.02. The molecule has 0 saturated heterocycles. The molecule has 0 aliphatic carbocycles. The Kier molecular flexibility index (Phi) is 3.20. The van der Waals surface area contributed by atoms with Crippen molar-refractivity contribution in [2.45, 2.75) is 39.5 Å². The molecule has 2 aromatic rings. The highest BCUT2D eigenvalue weighted by Gasteiger charge is 2.14. The Labute approximate surface area is 101 Å². The van der Waals surface area contributed by atoms with Crippen LogP contribution in [0.25, 0.3) is 5.52 Å². The monoisotopic (exact) mass is 236 g/mol. The summed E-state index contributed by atoms with van der Waals surface area (Å²) in [4.78, 5) is 4.54. The molecule has 0 aliphatic heterocycles. The number of rotatable bonds is 3. The summed E-state index contributed by atoms with van der Waals surface area (Å²) in [5.41, 5.74) is 3.46. The second kappa shape index (κ2) is 4.46. The van der Waals surface area contributed by atoms with Crippen LogP contribution in [0.15, 0.2) is 18.5 Å². The Morgan fingerprint density at radius 2 is 2.00 bits per heavy atom. The first-order valence-electron chi connectivity index (χ1n) is 5.80. The maximum absolute atomic E-state index is 6.10. The summed E-state index contributed by atoms with van der Waals surface area (Å²) in [6.45, 7) is 6.46. The van der Waals surface area contributed by atoms with Crippen molar-refractivity contribution in [1.82, 2.24) is 9.38 Å². The third-order valence-corrected chi connectivity index (χ3v) is 3.43. The molecule has 2 aromatic heterocycles. The van der Waals surface area contributed by atoms with E-state index < -0.39 is 0 Å². The van der Waals surface area contributed by atoms with Crippen LogP contribution in [0.1, 0.15) is 44.0 Å². The largest absolute Gasteiger partial charge is 0.303 e. The van der Waals surface area contributed by atoms with E-state index in [1.54, 1.807) is 0 Å². The minimum Gasteiger partial charge on any atom is -0.303 e. The van der Waals surface area contributed by atoms with Crippen molar-refractivity contribution < 1.29 is 0 Å². The van der Waals surface area contributed by atoms with E-state index >= 15 is 0 Å². The quantitative estimate of drug-likeness (QED) is 0.781. The first-order valence-corrected chi connectivity index (χ1v) is 6.18. The molecule has 0 unspecified atom stereocenters. The molecule has 2 rings (SSSR count). The van der Waals surface area contributed by atoms with Gasteiger partial charge in [-0.3, -0.25) is 0 Å². The van der Waals surface area contributed by atoms with Crippen LogP contribution in [-0.2, 0) is 0 Å². The van der Waals surface area contributed by atoms with Crippen LogP contribution in [0.5, 0.6) is 0 Å². The molecule has 0 fully saturated rings. The minimum atomic E-state index is 0.530. The van der Waals surface area contributed by atoms with E-state index in [2.05, 4.69) is 30.2 Å². The molecule has 0 aromatic carbocycles. The zero-order chi connectivity index (χ0) is 11.7. The highest BCUT2D eigenvalue weighted by atomic mass is 35.5. The molecular formula is C13H17ClN2. The van der Waals surface area contributed by atoms with Crippen molar-refractivity contribution in [2.24, 2.45) is 0 Å². The fourth-order valence-electron chi connectivity index (χ4n) is 2.23. The lowest BCUT2D eigenvalue weighted by atomic mass is 9.98. The fourth-order valence-corrected chi connectivity index (χ4v) is 2.49. The Bertz CT molecular complexity index is 498. The van der Waals surface area contributed by atoms with Gasteiger partial charge >= 0.3 is 0 Å². The van der Waals surface area contributed by atoms with E-state index in [9.17, 15) is 0 Å². The topological polar surface area (TPSA) is 17.3 Å². The Morgan fingerprint density at radius 1 is 1.31 bits per heavy atom. The van der Waals surface area contributed by atoms with Gasteiger partial charge in [-0.2, -0.15) is 0 Å². The van der Waals surface area contributed by atoms with Crippen LogP contribution in [0.4, 0.5) is 0 Å². The summed E-state index contributed by atoms with van der Waals surface area (Å²) in [7, 11) is 0. The lowest BCUT2D eigenvalue weighted by Gasteiger charge is -2.10. The summed E-state index contributed by atoms with van der Waals surface area (Å²) in [5, 5.41) is 0.790. The van der Waals surface area contributed by atoms with Crippen molar-refractivity contribution >= 4 is 17.1 Å². The summed E-state index contributed by atoms with van der Waals surface area (Å²) < 4.78 is 2.11. The molecule has 0 N–H and O–H groups in total. The number of fused-ring (bicyclic) bond motifs is 1. The number of nitrogens with zero attached hydrogens (tertiary/aromatic N) is 2. The van der Waals surface area contributed by atoms with Gasteiger partial charge in [0.1, 0.15) is 0 Å². The molecule has 0 bridgehead atoms. The van der Waals surface area contributed by atoms with Gasteiger partial charge < -0.3 is 4.40 Å². The second-order valence-corrected chi connectivity index (χ2v) is 4.65. The molecule has 0 atom stereocenters. The molecule has 86 valence electrons. The van der Waals surface area contributed by atoms with Crippen LogP contribution in [0.2, 0.25) is 5.02 Å². The minimum absolute atomic E-state index is 0.530. The van der Waals surface area contributed by atoms with Crippen molar-refractivity contribution in [1.29, 1.82) is 0 Å². The summed E-state index contributed by atoms with van der Waals surface area (Å²) >= 11 is 6.10. The van der Waals surface area contributed by atoms with Gasteiger partial charge in [0.25, 0.3) is 0 Å². The fraction of sp³-hybridized carbons (Fsp3) is 0.462. The zero-order valence-electron chi connectivity index (χ0n) is 10.00. The van der Waals surface area contributed by atoms with Crippen molar-refractivity contribution in [3.8, 4) is 0 Å². The molecule has 2 heterocycles. The first-order chi connectivity index (χ1) is 7.67. The number of pyridine rings is 1. The van der Waals surface area contributed by atoms with E-state index in [-0.39, 0.29) is 0 Å². The lowest BCUT2D eigenvalue weighted by Crippen LogP contribution is -1.97. The molecular weight excluding hydrogens is 220 g/mol. The smallest absolute Gasteiger partial charge is 0.0997 e. The highest BCUT2D eigenvalue weighted by molar-refractivity contribution is 6.31. The predicted octanol–water partition coefficient (Wildman–Crippen LogP) is 4.20. The van der Waals surface area contributed by atoms with Gasteiger partial charge in [-0.25, -0.2) is 4.98 Å². The molecule has 2 nitrogen and oxygen atoms in total. The van der Waals surface area contributed by atoms with Crippen LogP contribution in [0, 0.1) is 6.92 Å². The summed E-state index contributed by atoms with van der Waals surface area (Å²) in [5.74, 6) is 0.530. The maximum Gasteiger partial charge on any atom is 0.0997 e. The van der Waals surface area contributed by atoms with Gasteiger partial charge in [-0.15, -0.1) is 0 Å². The Morgan fingerprint density at radius 3 is 2.62 bits per heavy atom. The van der Waals surface area contributed by atoms with E-state index in [0.717, 1.165) is 29.1 Å². The van der Waals surface area contributed by atoms with Gasteiger partial charge in [-0.1, -0.05) is 25.4 Å². The third-order valence-electron chi connectivity index (χ3n) is 3.21. The van der Waals surface area contributed by atoms with Gasteiger partial charge in [0, 0.05) is 16.6 Å². The maximum atomic E-state index is 6.10. The SMILES string of the molecule is CCC(CC)c1ncn2c(C)cc(Cl)cc12. The van der Waals surface area contributed by atoms with E-state index in [4.69, 9.17) is 11.6 Å². The van der Waals surface area contributed by atoms with Gasteiger partial charge in [0.05, 0.1) is 17.5 Å². The second-order valence-electron chi connectivity index (χ2n) is 4.21. The standard InChI is InChI=1S/C13H17ClN2/c1-4-10(5-2)13-12-7-11(14)6-9(3)16(12)8-15-13/h6-8,10H,4-5H2,1-3H3. The lowest BCUT2D eigenvalue weighted by molar-refractivity contribution is 0.631. The van der Waals surface area contributed by atoms with Crippen LogP contribution in [0.3, 0.4) is 0 Å². The van der Waals surface area contributed by atoms with E-state index in [1.165, 1.54) is 5.69 Å². The molecule has 0 saturated carbocycles. The van der Waals surface area contributed by atoms with Gasteiger partial charge in [-0.05, 0) is 31.9 Å². The Balaban J connectivity index is 2.63. The molecule has 0 amide bonds. The van der Waals surface area contributed by atoms with Crippen LogP contribution in [-0.4, -0.2) is 9.38 Å². The van der Waals surface area contributed by atoms with Crippen LogP contribution < -0.4 is 0 Å².